The molecule has 1 atom stereocenters. The molecule has 0 radical (unpaired) electrons. The van der Waals surface area contributed by atoms with Crippen molar-refractivity contribution in [2.24, 2.45) is 0 Å². The van der Waals surface area contributed by atoms with Crippen molar-refractivity contribution in [3.05, 3.63) is 20.8 Å². The van der Waals surface area contributed by atoms with Crippen molar-refractivity contribution in [3.8, 4) is 0 Å². The van der Waals surface area contributed by atoms with Gasteiger partial charge in [-0.05, 0) is 34.5 Å². The maximum Gasteiger partial charge on any atom is 0.234 e. The SMILES string of the molecule is CCC(Br)C(=O)NCc1ccc(Br)s1. The zero-order valence-corrected chi connectivity index (χ0v) is 11.7. The number of rotatable bonds is 4. The van der Waals surface area contributed by atoms with E-state index in [1.807, 2.05) is 19.1 Å². The first-order chi connectivity index (χ1) is 6.63. The van der Waals surface area contributed by atoms with Gasteiger partial charge in [0, 0.05) is 4.88 Å². The molecule has 1 unspecified atom stereocenters. The van der Waals surface area contributed by atoms with Gasteiger partial charge in [0.2, 0.25) is 5.91 Å². The van der Waals surface area contributed by atoms with Crippen LogP contribution in [0.1, 0.15) is 18.2 Å². The molecular formula is C9H11Br2NOS. The molecule has 1 rings (SSSR count). The molecule has 0 saturated heterocycles. The van der Waals surface area contributed by atoms with Crippen LogP contribution in [0, 0.1) is 0 Å². The molecule has 1 amide bonds. The summed E-state index contributed by atoms with van der Waals surface area (Å²) in [5.74, 6) is 0.0528. The zero-order valence-electron chi connectivity index (χ0n) is 7.72. The first-order valence-corrected chi connectivity index (χ1v) is 6.82. The molecule has 0 saturated carbocycles. The van der Waals surface area contributed by atoms with Gasteiger partial charge in [-0.3, -0.25) is 4.79 Å². The molecule has 0 spiro atoms. The van der Waals surface area contributed by atoms with Crippen molar-refractivity contribution < 1.29 is 4.79 Å². The van der Waals surface area contributed by atoms with E-state index in [2.05, 4.69) is 37.2 Å². The zero-order chi connectivity index (χ0) is 10.6. The van der Waals surface area contributed by atoms with Crippen LogP contribution < -0.4 is 5.32 Å². The number of halogens is 2. The second kappa shape index (κ2) is 5.88. The smallest absolute Gasteiger partial charge is 0.234 e. The molecule has 0 aliphatic heterocycles. The van der Waals surface area contributed by atoms with Crippen molar-refractivity contribution in [1.29, 1.82) is 0 Å². The Hall–Kier alpha value is 0.130. The van der Waals surface area contributed by atoms with Crippen molar-refractivity contribution in [2.75, 3.05) is 0 Å². The molecule has 2 nitrogen and oxygen atoms in total. The lowest BCUT2D eigenvalue weighted by molar-refractivity contribution is -0.120. The van der Waals surface area contributed by atoms with Crippen LogP contribution >= 0.6 is 43.2 Å². The molecule has 78 valence electrons. The van der Waals surface area contributed by atoms with Crippen LogP contribution in [0.25, 0.3) is 0 Å². The Balaban J connectivity index is 2.37. The Kier molecular flexibility index (Phi) is 5.12. The third-order valence-electron chi connectivity index (χ3n) is 1.71. The summed E-state index contributed by atoms with van der Waals surface area (Å²) in [7, 11) is 0. The molecule has 0 aromatic carbocycles. The van der Waals surface area contributed by atoms with Gasteiger partial charge in [0.25, 0.3) is 0 Å². The van der Waals surface area contributed by atoms with Gasteiger partial charge in [0.05, 0.1) is 15.2 Å². The number of alkyl halides is 1. The fraction of sp³-hybridized carbons (Fsp3) is 0.444. The maximum absolute atomic E-state index is 11.4. The van der Waals surface area contributed by atoms with Crippen LogP contribution in [0.3, 0.4) is 0 Å². The average molecular weight is 341 g/mol. The number of carbonyl (C=O) groups excluding carboxylic acids is 1. The lowest BCUT2D eigenvalue weighted by atomic mass is 10.3. The van der Waals surface area contributed by atoms with Crippen molar-refractivity contribution >= 4 is 49.1 Å². The van der Waals surface area contributed by atoms with Gasteiger partial charge in [-0.2, -0.15) is 0 Å². The molecule has 1 aromatic rings. The number of nitrogens with one attached hydrogen (secondary N) is 1. The van der Waals surface area contributed by atoms with E-state index in [0.29, 0.717) is 6.54 Å². The summed E-state index contributed by atoms with van der Waals surface area (Å²) in [5.41, 5.74) is 0. The minimum Gasteiger partial charge on any atom is -0.350 e. The van der Waals surface area contributed by atoms with Crippen LogP contribution in [-0.4, -0.2) is 10.7 Å². The van der Waals surface area contributed by atoms with Gasteiger partial charge < -0.3 is 5.32 Å². The number of thiophene rings is 1. The highest BCUT2D eigenvalue weighted by Crippen LogP contribution is 2.21. The minimum absolute atomic E-state index is 0.0528. The lowest BCUT2D eigenvalue weighted by Gasteiger charge is -2.06. The highest BCUT2D eigenvalue weighted by atomic mass is 79.9. The van der Waals surface area contributed by atoms with Crippen LogP contribution in [0.5, 0.6) is 0 Å². The minimum atomic E-state index is -0.0779. The van der Waals surface area contributed by atoms with E-state index in [1.165, 1.54) is 0 Å². The van der Waals surface area contributed by atoms with Gasteiger partial charge in [0.15, 0.2) is 0 Å². The molecule has 14 heavy (non-hydrogen) atoms. The predicted molar refractivity (Wildman–Crippen MR) is 66.9 cm³/mol. The fourth-order valence-corrected chi connectivity index (χ4v) is 2.50. The molecule has 0 fully saturated rings. The Morgan fingerprint density at radius 3 is 2.86 bits per heavy atom. The topological polar surface area (TPSA) is 29.1 Å². The van der Waals surface area contributed by atoms with E-state index < -0.39 is 0 Å². The van der Waals surface area contributed by atoms with E-state index in [1.54, 1.807) is 11.3 Å². The van der Waals surface area contributed by atoms with E-state index in [9.17, 15) is 4.79 Å². The highest BCUT2D eigenvalue weighted by Gasteiger charge is 2.11. The van der Waals surface area contributed by atoms with Gasteiger partial charge in [-0.1, -0.05) is 22.9 Å². The second-order valence-electron chi connectivity index (χ2n) is 2.80. The van der Waals surface area contributed by atoms with Crippen molar-refractivity contribution in [2.45, 2.75) is 24.7 Å². The first kappa shape index (κ1) is 12.2. The number of carbonyl (C=O) groups is 1. The number of hydrogen-bond acceptors (Lipinski definition) is 2. The molecular weight excluding hydrogens is 330 g/mol. The Morgan fingerprint density at radius 1 is 1.64 bits per heavy atom. The Labute approximate surface area is 104 Å². The highest BCUT2D eigenvalue weighted by molar-refractivity contribution is 9.11. The van der Waals surface area contributed by atoms with Gasteiger partial charge in [0.1, 0.15) is 0 Å². The average Bonchev–Trinajstić information content (AvgIpc) is 2.59. The van der Waals surface area contributed by atoms with Gasteiger partial charge in [-0.25, -0.2) is 0 Å². The summed E-state index contributed by atoms with van der Waals surface area (Å²) >= 11 is 8.32. The quantitative estimate of drug-likeness (QED) is 0.837. The summed E-state index contributed by atoms with van der Waals surface area (Å²) in [6.45, 7) is 2.58. The lowest BCUT2D eigenvalue weighted by Crippen LogP contribution is -2.29. The predicted octanol–water partition coefficient (Wildman–Crippen LogP) is 3.30. The van der Waals surface area contributed by atoms with E-state index >= 15 is 0 Å². The normalized spacial score (nSPS) is 12.5. The Bertz CT molecular complexity index is 314. The Morgan fingerprint density at radius 2 is 2.36 bits per heavy atom. The molecule has 5 heteroatoms. The fourth-order valence-electron chi connectivity index (χ4n) is 0.917. The third kappa shape index (κ3) is 3.71. The maximum atomic E-state index is 11.4. The van der Waals surface area contributed by atoms with Gasteiger partial charge >= 0.3 is 0 Å². The van der Waals surface area contributed by atoms with Crippen LogP contribution in [0.2, 0.25) is 0 Å². The summed E-state index contributed by atoms with van der Waals surface area (Å²) in [4.78, 5) is 12.5. The van der Waals surface area contributed by atoms with Crippen LogP contribution in [0.4, 0.5) is 0 Å². The number of hydrogen-bond donors (Lipinski definition) is 1. The van der Waals surface area contributed by atoms with Crippen molar-refractivity contribution in [3.63, 3.8) is 0 Å². The molecule has 0 bridgehead atoms. The number of amides is 1. The van der Waals surface area contributed by atoms with Crippen LogP contribution in [-0.2, 0) is 11.3 Å². The first-order valence-electron chi connectivity index (χ1n) is 4.29. The summed E-state index contributed by atoms with van der Waals surface area (Å²) < 4.78 is 1.09. The molecule has 0 aliphatic carbocycles. The monoisotopic (exact) mass is 339 g/mol. The summed E-state index contributed by atoms with van der Waals surface area (Å²) in [5, 5.41) is 2.87. The second-order valence-corrected chi connectivity index (χ2v) is 6.45. The van der Waals surface area contributed by atoms with E-state index in [0.717, 1.165) is 15.1 Å². The van der Waals surface area contributed by atoms with Gasteiger partial charge in [-0.15, -0.1) is 11.3 Å². The van der Waals surface area contributed by atoms with Crippen molar-refractivity contribution in [1.82, 2.24) is 5.32 Å². The molecule has 1 aromatic heterocycles. The van der Waals surface area contributed by atoms with Crippen LogP contribution in [0.15, 0.2) is 15.9 Å². The summed E-state index contributed by atoms with van der Waals surface area (Å²) in [6, 6.07) is 3.99. The molecule has 0 aliphatic rings. The largest absolute Gasteiger partial charge is 0.350 e. The van der Waals surface area contributed by atoms with E-state index in [4.69, 9.17) is 0 Å². The third-order valence-corrected chi connectivity index (χ3v) is 4.40. The standard InChI is InChI=1S/C9H11Br2NOS/c1-2-7(10)9(13)12-5-6-3-4-8(11)14-6/h3-4,7H,2,5H2,1H3,(H,12,13). The molecule has 1 heterocycles. The summed E-state index contributed by atoms with van der Waals surface area (Å²) in [6.07, 6.45) is 0.806. The van der Waals surface area contributed by atoms with E-state index in [-0.39, 0.29) is 10.7 Å². The molecule has 1 N–H and O–H groups in total.